The molecule has 0 bridgehead atoms. The summed E-state index contributed by atoms with van der Waals surface area (Å²) in [7, 11) is 0. The molecule has 0 fully saturated rings. The van der Waals surface area contributed by atoms with Gasteiger partial charge in [-0.3, -0.25) is 0 Å². The molecule has 1 heterocycles. The number of aliphatic hydroxyl groups excluding tert-OH is 1. The average molecular weight is 235 g/mol. The lowest BCUT2D eigenvalue weighted by Crippen LogP contribution is -2.11. The maximum absolute atomic E-state index is 13.3. The van der Waals surface area contributed by atoms with Gasteiger partial charge in [0.05, 0.1) is 11.6 Å². The fourth-order valence-corrected chi connectivity index (χ4v) is 2.32. The van der Waals surface area contributed by atoms with Crippen LogP contribution in [0.5, 0.6) is 0 Å². The second-order valence-corrected chi connectivity index (χ2v) is 4.86. The van der Waals surface area contributed by atoms with Gasteiger partial charge in [0.2, 0.25) is 0 Å². The minimum atomic E-state index is -0.387. The fourth-order valence-electron chi connectivity index (χ4n) is 2.32. The fraction of sp³-hybridized carbons (Fsp3) is 0.429. The van der Waals surface area contributed by atoms with Crippen molar-refractivity contribution < 1.29 is 9.50 Å². The van der Waals surface area contributed by atoms with E-state index in [0.29, 0.717) is 6.42 Å². The van der Waals surface area contributed by atoms with Crippen molar-refractivity contribution in [3.8, 4) is 0 Å². The maximum Gasteiger partial charge on any atom is 0.125 e. The van der Waals surface area contributed by atoms with Gasteiger partial charge in [-0.2, -0.15) is 0 Å². The van der Waals surface area contributed by atoms with Gasteiger partial charge in [0, 0.05) is 23.5 Å². The first-order valence-corrected chi connectivity index (χ1v) is 5.96. The summed E-state index contributed by atoms with van der Waals surface area (Å²) in [5.74, 6) is -0.221. The van der Waals surface area contributed by atoms with E-state index in [1.165, 1.54) is 6.07 Å². The lowest BCUT2D eigenvalue weighted by Gasteiger charge is -2.15. The molecule has 2 aromatic rings. The molecule has 0 spiro atoms. The number of hydrogen-bond donors (Lipinski definition) is 1. The zero-order valence-corrected chi connectivity index (χ0v) is 10.4. The third-order valence-corrected chi connectivity index (χ3v) is 2.90. The Hall–Kier alpha value is -1.35. The molecule has 0 aliphatic heterocycles. The smallest absolute Gasteiger partial charge is 0.125 e. The van der Waals surface area contributed by atoms with E-state index in [9.17, 15) is 9.50 Å². The highest BCUT2D eigenvalue weighted by Crippen LogP contribution is 2.25. The first-order valence-electron chi connectivity index (χ1n) is 5.96. The highest BCUT2D eigenvalue weighted by atomic mass is 19.1. The molecule has 0 radical (unpaired) electrons. The first-order chi connectivity index (χ1) is 7.99. The molecular formula is C14H18FNO. The Labute approximate surface area is 101 Å². The van der Waals surface area contributed by atoms with Crippen LogP contribution >= 0.6 is 0 Å². The van der Waals surface area contributed by atoms with Crippen LogP contribution in [0.4, 0.5) is 4.39 Å². The van der Waals surface area contributed by atoms with Gasteiger partial charge in [-0.25, -0.2) is 4.39 Å². The van der Waals surface area contributed by atoms with Crippen LogP contribution in [0.15, 0.2) is 24.3 Å². The van der Waals surface area contributed by atoms with Gasteiger partial charge in [-0.1, -0.05) is 0 Å². The van der Waals surface area contributed by atoms with E-state index in [1.54, 1.807) is 19.1 Å². The van der Waals surface area contributed by atoms with Crippen LogP contribution < -0.4 is 0 Å². The van der Waals surface area contributed by atoms with Crippen molar-refractivity contribution in [2.75, 3.05) is 0 Å². The Morgan fingerprint density at radius 2 is 1.94 bits per heavy atom. The monoisotopic (exact) mass is 235 g/mol. The average Bonchev–Trinajstić information content (AvgIpc) is 2.53. The van der Waals surface area contributed by atoms with Crippen LogP contribution in [0.2, 0.25) is 0 Å². The first kappa shape index (κ1) is 12.1. The van der Waals surface area contributed by atoms with E-state index in [-0.39, 0.29) is 18.0 Å². The molecule has 2 nitrogen and oxygen atoms in total. The minimum absolute atomic E-state index is 0.221. The number of rotatable bonds is 3. The Morgan fingerprint density at radius 1 is 1.24 bits per heavy atom. The summed E-state index contributed by atoms with van der Waals surface area (Å²) in [6, 6.07) is 7.10. The van der Waals surface area contributed by atoms with Gasteiger partial charge in [-0.15, -0.1) is 0 Å². The molecule has 1 N–H and O–H groups in total. The van der Waals surface area contributed by atoms with E-state index >= 15 is 0 Å². The molecule has 17 heavy (non-hydrogen) atoms. The number of aromatic nitrogens is 1. The number of aliphatic hydroxyl groups is 1. The van der Waals surface area contributed by atoms with Gasteiger partial charge in [0.25, 0.3) is 0 Å². The second-order valence-electron chi connectivity index (χ2n) is 4.86. The van der Waals surface area contributed by atoms with Crippen molar-refractivity contribution in [2.45, 2.75) is 39.3 Å². The summed E-state index contributed by atoms with van der Waals surface area (Å²) in [6.45, 7) is 5.90. The Balaban J connectivity index is 2.63. The Kier molecular flexibility index (Phi) is 3.20. The molecule has 1 atom stereocenters. The summed E-state index contributed by atoms with van der Waals surface area (Å²) in [5.41, 5.74) is 1.95. The van der Waals surface area contributed by atoms with Crippen LogP contribution in [0.3, 0.4) is 0 Å². The molecule has 0 aliphatic rings. The van der Waals surface area contributed by atoms with E-state index in [1.807, 2.05) is 6.07 Å². The summed E-state index contributed by atoms with van der Waals surface area (Å²) < 4.78 is 15.4. The number of halogens is 1. The Bertz CT molecular complexity index is 528. The summed E-state index contributed by atoms with van der Waals surface area (Å²) >= 11 is 0. The second kappa shape index (κ2) is 4.49. The normalized spacial score (nSPS) is 13.5. The van der Waals surface area contributed by atoms with Gasteiger partial charge in [-0.05, 0) is 45.0 Å². The number of benzene rings is 1. The van der Waals surface area contributed by atoms with E-state index in [0.717, 1.165) is 16.6 Å². The van der Waals surface area contributed by atoms with Crippen LogP contribution in [0, 0.1) is 5.82 Å². The molecule has 2 rings (SSSR count). The number of fused-ring (bicyclic) bond motifs is 1. The molecule has 0 aliphatic carbocycles. The SMILES string of the molecule is CC(O)Cc1cc2ccc(F)cc2n1C(C)C. The predicted molar refractivity (Wildman–Crippen MR) is 67.7 cm³/mol. The molecule has 1 aromatic carbocycles. The van der Waals surface area contributed by atoms with Gasteiger partial charge in [0.15, 0.2) is 0 Å². The van der Waals surface area contributed by atoms with Crippen molar-refractivity contribution in [1.82, 2.24) is 4.57 Å². The van der Waals surface area contributed by atoms with Crippen molar-refractivity contribution in [1.29, 1.82) is 0 Å². The predicted octanol–water partition coefficient (Wildman–Crippen LogP) is 3.28. The molecule has 1 aromatic heterocycles. The standard InChI is InChI=1S/C14H18FNO/c1-9(2)16-13(6-10(3)17)7-11-4-5-12(15)8-14(11)16/h4-5,7-10,17H,6H2,1-3H3. The van der Waals surface area contributed by atoms with Crippen molar-refractivity contribution in [2.24, 2.45) is 0 Å². The summed E-state index contributed by atoms with van der Waals surface area (Å²) in [6.07, 6.45) is 0.204. The molecule has 0 amide bonds. The largest absolute Gasteiger partial charge is 0.393 e. The third-order valence-electron chi connectivity index (χ3n) is 2.90. The summed E-state index contributed by atoms with van der Waals surface area (Å²) in [4.78, 5) is 0. The highest BCUT2D eigenvalue weighted by Gasteiger charge is 2.13. The number of nitrogens with zero attached hydrogens (tertiary/aromatic N) is 1. The third kappa shape index (κ3) is 2.34. The van der Waals surface area contributed by atoms with Crippen LogP contribution in [0.1, 0.15) is 32.5 Å². The van der Waals surface area contributed by atoms with Crippen molar-refractivity contribution in [3.05, 3.63) is 35.8 Å². The van der Waals surface area contributed by atoms with Crippen LogP contribution in [-0.2, 0) is 6.42 Å². The zero-order chi connectivity index (χ0) is 12.6. The molecule has 0 saturated heterocycles. The van der Waals surface area contributed by atoms with Gasteiger partial charge < -0.3 is 9.67 Å². The van der Waals surface area contributed by atoms with E-state index in [4.69, 9.17) is 0 Å². The number of hydrogen-bond acceptors (Lipinski definition) is 1. The van der Waals surface area contributed by atoms with E-state index < -0.39 is 0 Å². The molecule has 92 valence electrons. The molecule has 1 unspecified atom stereocenters. The lowest BCUT2D eigenvalue weighted by molar-refractivity contribution is 0.192. The molecule has 3 heteroatoms. The van der Waals surface area contributed by atoms with Crippen LogP contribution in [0.25, 0.3) is 10.9 Å². The van der Waals surface area contributed by atoms with Crippen molar-refractivity contribution in [3.63, 3.8) is 0 Å². The van der Waals surface area contributed by atoms with Gasteiger partial charge >= 0.3 is 0 Å². The topological polar surface area (TPSA) is 25.2 Å². The quantitative estimate of drug-likeness (QED) is 0.867. The lowest BCUT2D eigenvalue weighted by atomic mass is 10.2. The highest BCUT2D eigenvalue weighted by molar-refractivity contribution is 5.81. The molecular weight excluding hydrogens is 217 g/mol. The van der Waals surface area contributed by atoms with Crippen LogP contribution in [-0.4, -0.2) is 15.8 Å². The van der Waals surface area contributed by atoms with Gasteiger partial charge in [0.1, 0.15) is 5.82 Å². The summed E-state index contributed by atoms with van der Waals surface area (Å²) in [5, 5.41) is 10.5. The minimum Gasteiger partial charge on any atom is -0.393 e. The van der Waals surface area contributed by atoms with Crippen molar-refractivity contribution >= 4 is 10.9 Å². The zero-order valence-electron chi connectivity index (χ0n) is 10.4. The molecule has 0 saturated carbocycles. The maximum atomic E-state index is 13.3. The Morgan fingerprint density at radius 3 is 2.53 bits per heavy atom. The van der Waals surface area contributed by atoms with E-state index in [2.05, 4.69) is 18.4 Å².